The summed E-state index contributed by atoms with van der Waals surface area (Å²) in [7, 11) is 0. The van der Waals surface area contributed by atoms with Crippen LogP contribution in [0.2, 0.25) is 0 Å². The maximum Gasteiger partial charge on any atom is 0.169 e. The number of hydrogen-bond donors (Lipinski definition) is 1. The zero-order valence-corrected chi connectivity index (χ0v) is 12.6. The van der Waals surface area contributed by atoms with Crippen molar-refractivity contribution in [3.8, 4) is 5.75 Å². The maximum absolute atomic E-state index is 12.9. The Kier molecular flexibility index (Phi) is 5.18. The van der Waals surface area contributed by atoms with Crippen molar-refractivity contribution in [2.24, 2.45) is 5.41 Å². The molecule has 0 amide bonds. The molecule has 1 aliphatic rings. The molecule has 0 aliphatic carbocycles. The Balaban J connectivity index is 2.18. The minimum Gasteiger partial charge on any atom is -0.494 e. The van der Waals surface area contributed by atoms with E-state index in [9.17, 15) is 4.79 Å². The number of ketones is 1. The molecule has 0 saturated carbocycles. The Hall–Kier alpha value is -1.35. The summed E-state index contributed by atoms with van der Waals surface area (Å²) in [5.74, 6) is 1.14. The Morgan fingerprint density at radius 3 is 2.40 bits per heavy atom. The predicted molar refractivity (Wildman–Crippen MR) is 81.4 cm³/mol. The maximum atomic E-state index is 12.9. The molecule has 0 radical (unpaired) electrons. The first-order valence-corrected chi connectivity index (χ1v) is 7.70. The molecule has 1 heterocycles. The summed E-state index contributed by atoms with van der Waals surface area (Å²) in [6, 6.07) is 7.62. The van der Waals surface area contributed by atoms with Crippen LogP contribution in [0.4, 0.5) is 0 Å². The number of carbonyl (C=O) groups is 1. The van der Waals surface area contributed by atoms with Crippen LogP contribution in [-0.4, -0.2) is 25.5 Å². The third-order valence-electron chi connectivity index (χ3n) is 4.20. The molecule has 110 valence electrons. The minimum atomic E-state index is -0.160. The number of nitrogens with one attached hydrogen (secondary N) is 1. The third-order valence-corrected chi connectivity index (χ3v) is 4.20. The summed E-state index contributed by atoms with van der Waals surface area (Å²) in [5, 5.41) is 3.36. The van der Waals surface area contributed by atoms with Crippen LogP contribution in [0.1, 0.15) is 49.9 Å². The first-order valence-electron chi connectivity index (χ1n) is 7.70. The highest BCUT2D eigenvalue weighted by Gasteiger charge is 2.38. The van der Waals surface area contributed by atoms with Crippen molar-refractivity contribution < 1.29 is 9.53 Å². The van der Waals surface area contributed by atoms with Crippen molar-refractivity contribution in [2.75, 3.05) is 19.7 Å². The minimum absolute atomic E-state index is 0.160. The molecule has 1 aromatic carbocycles. The van der Waals surface area contributed by atoms with Crippen molar-refractivity contribution in [1.82, 2.24) is 5.32 Å². The molecule has 3 heteroatoms. The first-order chi connectivity index (χ1) is 9.72. The van der Waals surface area contributed by atoms with Crippen molar-refractivity contribution in [2.45, 2.75) is 39.5 Å². The van der Waals surface area contributed by atoms with Crippen LogP contribution in [-0.2, 0) is 0 Å². The van der Waals surface area contributed by atoms with E-state index < -0.39 is 0 Å². The molecule has 0 unspecified atom stereocenters. The highest BCUT2D eigenvalue weighted by Crippen LogP contribution is 2.37. The van der Waals surface area contributed by atoms with E-state index in [2.05, 4.69) is 12.2 Å². The van der Waals surface area contributed by atoms with Crippen LogP contribution in [0.15, 0.2) is 24.3 Å². The van der Waals surface area contributed by atoms with Gasteiger partial charge >= 0.3 is 0 Å². The summed E-state index contributed by atoms with van der Waals surface area (Å²) in [4.78, 5) is 12.9. The van der Waals surface area contributed by atoms with E-state index in [0.717, 1.165) is 50.1 Å². The third kappa shape index (κ3) is 3.21. The van der Waals surface area contributed by atoms with E-state index in [4.69, 9.17) is 4.74 Å². The Morgan fingerprint density at radius 2 is 1.85 bits per heavy atom. The van der Waals surface area contributed by atoms with Crippen molar-refractivity contribution >= 4 is 5.78 Å². The van der Waals surface area contributed by atoms with Gasteiger partial charge in [0.15, 0.2) is 5.78 Å². The van der Waals surface area contributed by atoms with Gasteiger partial charge in [-0.25, -0.2) is 0 Å². The van der Waals surface area contributed by atoms with Gasteiger partial charge in [0.1, 0.15) is 5.75 Å². The normalized spacial score (nSPS) is 17.7. The average Bonchev–Trinajstić information content (AvgIpc) is 2.49. The standard InChI is InChI=1S/C17H25NO2/c1-3-9-17(10-12-18-13-11-17)16(19)14-5-7-15(8-6-14)20-4-2/h5-8,18H,3-4,9-13H2,1-2H3. The molecule has 20 heavy (non-hydrogen) atoms. The summed E-state index contributed by atoms with van der Waals surface area (Å²) in [6.45, 7) is 6.67. The van der Waals surface area contributed by atoms with Gasteiger partial charge in [0.05, 0.1) is 6.61 Å². The van der Waals surface area contributed by atoms with E-state index >= 15 is 0 Å². The van der Waals surface area contributed by atoms with E-state index in [1.165, 1.54) is 0 Å². The summed E-state index contributed by atoms with van der Waals surface area (Å²) >= 11 is 0. The fourth-order valence-corrected chi connectivity index (χ4v) is 3.15. The zero-order chi connectivity index (χ0) is 14.4. The molecule has 0 atom stereocenters. The van der Waals surface area contributed by atoms with E-state index in [1.807, 2.05) is 31.2 Å². The highest BCUT2D eigenvalue weighted by atomic mass is 16.5. The van der Waals surface area contributed by atoms with Crippen molar-refractivity contribution in [1.29, 1.82) is 0 Å². The second-order valence-corrected chi connectivity index (χ2v) is 5.57. The lowest BCUT2D eigenvalue weighted by molar-refractivity contribution is 0.0704. The van der Waals surface area contributed by atoms with Gasteiger partial charge in [0.2, 0.25) is 0 Å². The molecule has 1 fully saturated rings. The molecule has 0 aromatic heterocycles. The Morgan fingerprint density at radius 1 is 1.20 bits per heavy atom. The van der Waals surface area contributed by atoms with Gasteiger partial charge in [-0.1, -0.05) is 13.3 Å². The molecule has 1 aromatic rings. The fraction of sp³-hybridized carbons (Fsp3) is 0.588. The second-order valence-electron chi connectivity index (χ2n) is 5.57. The van der Waals surface area contributed by atoms with Crippen molar-refractivity contribution in [3.05, 3.63) is 29.8 Å². The van der Waals surface area contributed by atoms with Crippen LogP contribution in [0, 0.1) is 5.41 Å². The predicted octanol–water partition coefficient (Wildman–Crippen LogP) is 3.44. The molecule has 1 N–H and O–H groups in total. The lowest BCUT2D eigenvalue weighted by Gasteiger charge is -2.36. The number of hydrogen-bond acceptors (Lipinski definition) is 3. The topological polar surface area (TPSA) is 38.3 Å². The number of carbonyl (C=O) groups excluding carboxylic acids is 1. The molecule has 0 spiro atoms. The quantitative estimate of drug-likeness (QED) is 0.808. The monoisotopic (exact) mass is 275 g/mol. The summed E-state index contributed by atoms with van der Waals surface area (Å²) < 4.78 is 5.44. The van der Waals surface area contributed by atoms with Crippen LogP contribution in [0.5, 0.6) is 5.75 Å². The molecular formula is C17H25NO2. The van der Waals surface area contributed by atoms with Gasteiger partial charge in [-0.2, -0.15) is 0 Å². The Bertz CT molecular complexity index is 427. The second kappa shape index (κ2) is 6.89. The number of ether oxygens (including phenoxy) is 1. The average molecular weight is 275 g/mol. The van der Waals surface area contributed by atoms with Gasteiger partial charge in [-0.05, 0) is 63.5 Å². The van der Waals surface area contributed by atoms with E-state index in [1.54, 1.807) is 0 Å². The lowest BCUT2D eigenvalue weighted by atomic mass is 9.70. The molecule has 1 saturated heterocycles. The van der Waals surface area contributed by atoms with Gasteiger partial charge in [-0.15, -0.1) is 0 Å². The number of Topliss-reactive ketones (excluding diaryl/α,β-unsaturated/α-hetero) is 1. The van der Waals surface area contributed by atoms with Gasteiger partial charge in [-0.3, -0.25) is 4.79 Å². The number of benzene rings is 1. The number of piperidine rings is 1. The van der Waals surface area contributed by atoms with Gasteiger partial charge < -0.3 is 10.1 Å². The van der Waals surface area contributed by atoms with Gasteiger partial charge in [0, 0.05) is 11.0 Å². The molecule has 3 nitrogen and oxygen atoms in total. The lowest BCUT2D eigenvalue weighted by Crippen LogP contribution is -2.42. The molecule has 0 bridgehead atoms. The largest absolute Gasteiger partial charge is 0.494 e. The van der Waals surface area contributed by atoms with Crippen LogP contribution >= 0.6 is 0 Å². The number of rotatable bonds is 6. The SMILES string of the molecule is CCCC1(C(=O)c2ccc(OCC)cc2)CCNCC1. The van der Waals surface area contributed by atoms with Crippen LogP contribution < -0.4 is 10.1 Å². The van der Waals surface area contributed by atoms with Crippen molar-refractivity contribution in [3.63, 3.8) is 0 Å². The molecule has 1 aliphatic heterocycles. The summed E-state index contributed by atoms with van der Waals surface area (Å²) in [5.41, 5.74) is 0.663. The van der Waals surface area contributed by atoms with Gasteiger partial charge in [0.25, 0.3) is 0 Å². The molecule has 2 rings (SSSR count). The Labute approximate surface area is 121 Å². The van der Waals surface area contributed by atoms with E-state index in [-0.39, 0.29) is 5.41 Å². The summed E-state index contributed by atoms with van der Waals surface area (Å²) in [6.07, 6.45) is 3.95. The molecular weight excluding hydrogens is 250 g/mol. The van der Waals surface area contributed by atoms with Crippen LogP contribution in [0.3, 0.4) is 0 Å². The van der Waals surface area contributed by atoms with E-state index in [0.29, 0.717) is 12.4 Å². The zero-order valence-electron chi connectivity index (χ0n) is 12.6. The first kappa shape index (κ1) is 15.0. The van der Waals surface area contributed by atoms with Crippen LogP contribution in [0.25, 0.3) is 0 Å². The fourth-order valence-electron chi connectivity index (χ4n) is 3.15. The smallest absolute Gasteiger partial charge is 0.169 e. The highest BCUT2D eigenvalue weighted by molar-refractivity contribution is 6.00.